The lowest BCUT2D eigenvalue weighted by Gasteiger charge is -2.27. The third-order valence-corrected chi connectivity index (χ3v) is 8.01. The summed E-state index contributed by atoms with van der Waals surface area (Å²) < 4.78 is 47.4. The normalized spacial score (nSPS) is 16.6. The second-order valence-corrected chi connectivity index (χ2v) is 9.97. The van der Waals surface area contributed by atoms with E-state index in [2.05, 4.69) is 0 Å². The molecule has 8 heteroatoms. The number of halogens is 1. The summed E-state index contributed by atoms with van der Waals surface area (Å²) >= 11 is 0. The molecule has 0 aliphatic carbocycles. The molecule has 0 unspecified atom stereocenters. The van der Waals surface area contributed by atoms with Crippen LogP contribution in [-0.2, 0) is 27.6 Å². The van der Waals surface area contributed by atoms with Gasteiger partial charge in [-0.1, -0.05) is 36.4 Å². The number of aryl methyl sites for hydroxylation is 2. The van der Waals surface area contributed by atoms with Gasteiger partial charge in [-0.05, 0) is 54.3 Å². The summed E-state index contributed by atoms with van der Waals surface area (Å²) in [6.07, 6.45) is 1.55. The zero-order valence-corrected chi connectivity index (χ0v) is 18.7. The molecule has 0 bridgehead atoms. The molecule has 1 saturated heterocycles. The van der Waals surface area contributed by atoms with E-state index in [0.717, 1.165) is 47.5 Å². The van der Waals surface area contributed by atoms with Gasteiger partial charge in [-0.3, -0.25) is 9.69 Å². The lowest BCUT2D eigenvalue weighted by molar-refractivity contribution is 0.0729. The largest absolute Gasteiger partial charge is 0.379 e. The quantitative estimate of drug-likeness (QED) is 0.587. The van der Waals surface area contributed by atoms with E-state index in [1.807, 2.05) is 48.5 Å². The van der Waals surface area contributed by atoms with Gasteiger partial charge in [0.1, 0.15) is 10.7 Å². The fourth-order valence-corrected chi connectivity index (χ4v) is 5.89. The van der Waals surface area contributed by atoms with Crippen LogP contribution in [0.15, 0.2) is 71.6 Å². The maximum atomic E-state index is 14.7. The van der Waals surface area contributed by atoms with Crippen LogP contribution in [0.3, 0.4) is 0 Å². The maximum Gasteiger partial charge on any atom is 0.262 e. The van der Waals surface area contributed by atoms with E-state index in [9.17, 15) is 17.6 Å². The van der Waals surface area contributed by atoms with Crippen molar-refractivity contribution in [2.24, 2.45) is 0 Å². The molecule has 3 aromatic carbocycles. The van der Waals surface area contributed by atoms with Crippen LogP contribution in [0.1, 0.15) is 21.5 Å². The van der Waals surface area contributed by atoms with Gasteiger partial charge in [-0.2, -0.15) is 4.31 Å². The highest BCUT2D eigenvalue weighted by Gasteiger charge is 2.32. The molecule has 1 fully saturated rings. The first-order valence-corrected chi connectivity index (χ1v) is 12.3. The number of carbonyl (C=O) groups is 1. The van der Waals surface area contributed by atoms with Crippen LogP contribution in [0.4, 0.5) is 15.8 Å². The smallest absolute Gasteiger partial charge is 0.262 e. The average molecular weight is 467 g/mol. The van der Waals surface area contributed by atoms with Crippen molar-refractivity contribution in [1.82, 2.24) is 4.31 Å². The predicted octanol–water partition coefficient (Wildman–Crippen LogP) is 3.92. The number of fused-ring (bicyclic) bond motifs is 2. The number of hydrogen-bond donors (Lipinski definition) is 0. The molecule has 33 heavy (non-hydrogen) atoms. The Morgan fingerprint density at radius 2 is 1.42 bits per heavy atom. The van der Waals surface area contributed by atoms with Gasteiger partial charge >= 0.3 is 0 Å². The minimum absolute atomic E-state index is 0.106. The third-order valence-electron chi connectivity index (χ3n) is 6.10. The summed E-state index contributed by atoms with van der Waals surface area (Å²) in [5.74, 6) is -1.29. The number of amides is 1. The third kappa shape index (κ3) is 3.94. The van der Waals surface area contributed by atoms with E-state index >= 15 is 0 Å². The van der Waals surface area contributed by atoms with Crippen molar-refractivity contribution in [1.29, 1.82) is 0 Å². The molecule has 0 N–H and O–H groups in total. The standard InChI is InChI=1S/C25H23FN2O4S/c26-21-12-11-20(17-24(21)33(30,31)27-13-15-32-16-14-27)25(29)28-22-7-3-1-5-18(22)9-10-19-6-2-4-8-23(19)28/h1-8,11-12,17H,9-10,13-16H2. The molecule has 0 saturated carbocycles. The summed E-state index contributed by atoms with van der Waals surface area (Å²) in [6.45, 7) is 0.793. The summed E-state index contributed by atoms with van der Waals surface area (Å²) in [5.41, 5.74) is 3.63. The molecule has 2 aliphatic heterocycles. The topological polar surface area (TPSA) is 66.9 Å². The van der Waals surface area contributed by atoms with E-state index in [0.29, 0.717) is 0 Å². The van der Waals surface area contributed by atoms with Crippen molar-refractivity contribution in [3.05, 3.63) is 89.2 Å². The first kappa shape index (κ1) is 21.8. The number of morpholine rings is 1. The van der Waals surface area contributed by atoms with E-state index in [4.69, 9.17) is 4.74 Å². The number of hydrogen-bond acceptors (Lipinski definition) is 4. The Labute approximate surface area is 192 Å². The fraction of sp³-hybridized carbons (Fsp3) is 0.240. The number of rotatable bonds is 3. The molecule has 3 aromatic rings. The summed E-state index contributed by atoms with van der Waals surface area (Å²) in [7, 11) is -4.10. The Morgan fingerprint density at radius 3 is 2.03 bits per heavy atom. The van der Waals surface area contributed by atoms with Gasteiger partial charge in [0, 0.05) is 18.7 Å². The van der Waals surface area contributed by atoms with Crippen molar-refractivity contribution in [2.45, 2.75) is 17.7 Å². The van der Waals surface area contributed by atoms with E-state index in [1.54, 1.807) is 4.90 Å². The number of anilines is 2. The molecule has 6 nitrogen and oxygen atoms in total. The first-order valence-electron chi connectivity index (χ1n) is 10.8. The van der Waals surface area contributed by atoms with E-state index < -0.39 is 26.6 Å². The van der Waals surface area contributed by atoms with Gasteiger partial charge in [0.2, 0.25) is 10.0 Å². The maximum absolute atomic E-state index is 14.7. The number of carbonyl (C=O) groups excluding carboxylic acids is 1. The van der Waals surface area contributed by atoms with E-state index in [1.165, 1.54) is 10.4 Å². The summed E-state index contributed by atoms with van der Waals surface area (Å²) in [5, 5.41) is 0. The number of para-hydroxylation sites is 2. The molecule has 0 spiro atoms. The van der Waals surface area contributed by atoms with Gasteiger partial charge in [0.25, 0.3) is 5.91 Å². The molecule has 1 amide bonds. The number of sulfonamides is 1. The van der Waals surface area contributed by atoms with Gasteiger partial charge in [0.15, 0.2) is 0 Å². The molecular formula is C25H23FN2O4S. The van der Waals surface area contributed by atoms with E-state index in [-0.39, 0.29) is 31.9 Å². The molecule has 2 aliphatic rings. The summed E-state index contributed by atoms with van der Waals surface area (Å²) in [4.78, 5) is 14.9. The Balaban J connectivity index is 1.60. The Morgan fingerprint density at radius 1 is 0.848 bits per heavy atom. The Hall–Kier alpha value is -3.07. The second-order valence-electron chi connectivity index (χ2n) is 8.06. The van der Waals surface area contributed by atoms with Crippen molar-refractivity contribution in [2.75, 3.05) is 31.2 Å². The highest BCUT2D eigenvalue weighted by molar-refractivity contribution is 7.89. The number of nitrogens with zero attached hydrogens (tertiary/aromatic N) is 2. The lowest BCUT2D eigenvalue weighted by Crippen LogP contribution is -2.41. The van der Waals surface area contributed by atoms with Crippen molar-refractivity contribution in [3.8, 4) is 0 Å². The fourth-order valence-electron chi connectivity index (χ4n) is 4.39. The van der Waals surface area contributed by atoms with Crippen LogP contribution in [0.2, 0.25) is 0 Å². The minimum atomic E-state index is -4.10. The molecule has 170 valence electrons. The van der Waals surface area contributed by atoms with Crippen molar-refractivity contribution >= 4 is 27.3 Å². The highest BCUT2D eigenvalue weighted by atomic mass is 32.2. The van der Waals surface area contributed by atoms with Crippen LogP contribution < -0.4 is 4.90 Å². The second kappa shape index (κ2) is 8.70. The molecule has 2 heterocycles. The zero-order chi connectivity index (χ0) is 23.0. The number of ether oxygens (including phenoxy) is 1. The molecular weight excluding hydrogens is 443 g/mol. The Bertz CT molecular complexity index is 1270. The van der Waals surface area contributed by atoms with Crippen LogP contribution in [0, 0.1) is 5.82 Å². The van der Waals surface area contributed by atoms with Crippen LogP contribution in [0.5, 0.6) is 0 Å². The zero-order valence-electron chi connectivity index (χ0n) is 17.9. The predicted molar refractivity (Wildman–Crippen MR) is 123 cm³/mol. The van der Waals surface area contributed by atoms with Gasteiger partial charge < -0.3 is 4.74 Å². The van der Waals surface area contributed by atoms with Crippen LogP contribution in [-0.4, -0.2) is 44.9 Å². The minimum Gasteiger partial charge on any atom is -0.379 e. The SMILES string of the molecule is O=C(c1ccc(F)c(S(=O)(=O)N2CCOCC2)c1)N1c2ccccc2CCc2ccccc21. The first-order chi connectivity index (χ1) is 16.0. The molecule has 0 aromatic heterocycles. The molecule has 5 rings (SSSR count). The monoisotopic (exact) mass is 466 g/mol. The van der Waals surface area contributed by atoms with Gasteiger partial charge in [-0.15, -0.1) is 0 Å². The van der Waals surface area contributed by atoms with Crippen molar-refractivity contribution < 1.29 is 22.3 Å². The average Bonchev–Trinajstić information content (AvgIpc) is 3.01. The lowest BCUT2D eigenvalue weighted by atomic mass is 10.0. The van der Waals surface area contributed by atoms with Gasteiger partial charge in [-0.25, -0.2) is 12.8 Å². The number of benzene rings is 3. The van der Waals surface area contributed by atoms with Crippen molar-refractivity contribution in [3.63, 3.8) is 0 Å². The highest BCUT2D eigenvalue weighted by Crippen LogP contribution is 2.37. The summed E-state index contributed by atoms with van der Waals surface area (Å²) in [6, 6.07) is 18.9. The van der Waals surface area contributed by atoms with Gasteiger partial charge in [0.05, 0.1) is 24.6 Å². The Kier molecular flexibility index (Phi) is 5.74. The van der Waals surface area contributed by atoms with Crippen LogP contribution >= 0.6 is 0 Å². The molecule has 0 radical (unpaired) electrons. The molecule has 0 atom stereocenters. The van der Waals surface area contributed by atoms with Crippen LogP contribution in [0.25, 0.3) is 0 Å².